The summed E-state index contributed by atoms with van der Waals surface area (Å²) in [7, 11) is 0. The minimum atomic E-state index is -0.655. The van der Waals surface area contributed by atoms with E-state index >= 15 is 0 Å². The Kier molecular flexibility index (Phi) is 2.48. The van der Waals surface area contributed by atoms with Crippen LogP contribution in [0.5, 0.6) is 0 Å². The molecule has 4 amide bonds. The van der Waals surface area contributed by atoms with E-state index in [9.17, 15) is 18.8 Å². The largest absolute Gasteiger partial charge is 0.342 e. The third kappa shape index (κ3) is 1.74. The van der Waals surface area contributed by atoms with Gasteiger partial charge in [-0.15, -0.1) is 0 Å². The van der Waals surface area contributed by atoms with E-state index in [1.54, 1.807) is 0 Å². The van der Waals surface area contributed by atoms with E-state index in [-0.39, 0.29) is 36.5 Å². The molecule has 1 N–H and O–H groups in total. The molecule has 0 bridgehead atoms. The Balaban J connectivity index is 1.90. The Morgan fingerprint density at radius 2 is 1.95 bits per heavy atom. The quantitative estimate of drug-likeness (QED) is 0.808. The van der Waals surface area contributed by atoms with Gasteiger partial charge in [0.25, 0.3) is 5.91 Å². The number of nitrogens with zero attached hydrogens (tertiary/aromatic N) is 2. The lowest BCUT2D eigenvalue weighted by molar-refractivity contribution is -0.123. The number of benzene rings is 1. The maximum absolute atomic E-state index is 13.6. The summed E-state index contributed by atoms with van der Waals surface area (Å²) in [6.07, 6.45) is 0.119. The lowest BCUT2D eigenvalue weighted by Crippen LogP contribution is -2.56. The molecule has 19 heavy (non-hydrogen) atoms. The van der Waals surface area contributed by atoms with Crippen LogP contribution in [0.15, 0.2) is 18.2 Å². The van der Waals surface area contributed by atoms with Gasteiger partial charge < -0.3 is 0 Å². The van der Waals surface area contributed by atoms with Crippen molar-refractivity contribution in [2.45, 2.75) is 13.0 Å². The molecule has 0 saturated carbocycles. The summed E-state index contributed by atoms with van der Waals surface area (Å²) in [4.78, 5) is 34.9. The summed E-state index contributed by atoms with van der Waals surface area (Å²) in [5, 5.41) is 4.43. The Labute approximate surface area is 107 Å². The van der Waals surface area contributed by atoms with Crippen molar-refractivity contribution in [2.75, 3.05) is 6.54 Å². The van der Waals surface area contributed by atoms with E-state index in [0.717, 1.165) is 10.0 Å². The van der Waals surface area contributed by atoms with Gasteiger partial charge in [-0.05, 0) is 12.1 Å². The van der Waals surface area contributed by atoms with Crippen LogP contribution in [0.4, 0.5) is 9.18 Å². The van der Waals surface area contributed by atoms with Gasteiger partial charge in [0.15, 0.2) is 0 Å². The number of amides is 4. The molecule has 3 rings (SSSR count). The number of urea groups is 1. The molecule has 1 saturated heterocycles. The van der Waals surface area contributed by atoms with E-state index in [4.69, 9.17) is 0 Å². The molecule has 0 aromatic heterocycles. The monoisotopic (exact) mass is 263 g/mol. The number of hydrogen-bond acceptors (Lipinski definition) is 3. The Morgan fingerprint density at radius 3 is 2.63 bits per heavy atom. The van der Waals surface area contributed by atoms with Crippen LogP contribution in [0.25, 0.3) is 0 Å². The van der Waals surface area contributed by atoms with Gasteiger partial charge in [0.2, 0.25) is 5.91 Å². The van der Waals surface area contributed by atoms with Crippen LogP contribution in [-0.4, -0.2) is 34.4 Å². The highest BCUT2D eigenvalue weighted by Crippen LogP contribution is 2.27. The first-order chi connectivity index (χ1) is 9.08. The fraction of sp³-hybridized carbons (Fsp3) is 0.250. The van der Waals surface area contributed by atoms with Crippen LogP contribution in [0.2, 0.25) is 0 Å². The molecule has 98 valence electrons. The second-order valence-corrected chi connectivity index (χ2v) is 4.36. The van der Waals surface area contributed by atoms with Gasteiger partial charge in [0, 0.05) is 17.5 Å². The summed E-state index contributed by atoms with van der Waals surface area (Å²) >= 11 is 0. The predicted molar refractivity (Wildman–Crippen MR) is 61.1 cm³/mol. The molecule has 1 aromatic rings. The average molecular weight is 263 g/mol. The van der Waals surface area contributed by atoms with Crippen LogP contribution in [-0.2, 0) is 11.3 Å². The third-order valence-corrected chi connectivity index (χ3v) is 3.21. The molecule has 0 radical (unpaired) electrons. The SMILES string of the molecule is O=C1CCN(N2Cc3c(F)cccc3C2=O)C(=O)N1. The minimum absolute atomic E-state index is 0.00243. The maximum atomic E-state index is 13.6. The summed E-state index contributed by atoms with van der Waals surface area (Å²) < 4.78 is 13.6. The summed E-state index contributed by atoms with van der Waals surface area (Å²) in [5.41, 5.74) is 0.530. The summed E-state index contributed by atoms with van der Waals surface area (Å²) in [6, 6.07) is 3.59. The van der Waals surface area contributed by atoms with E-state index < -0.39 is 17.8 Å². The highest BCUT2D eigenvalue weighted by atomic mass is 19.1. The van der Waals surface area contributed by atoms with Gasteiger partial charge in [0.05, 0.1) is 13.1 Å². The Morgan fingerprint density at radius 1 is 1.16 bits per heavy atom. The number of hydrazine groups is 1. The number of carbonyl (C=O) groups is 3. The van der Waals surface area contributed by atoms with Crippen LogP contribution in [0.3, 0.4) is 0 Å². The lowest BCUT2D eigenvalue weighted by Gasteiger charge is -2.33. The predicted octanol–water partition coefficient (Wildman–Crippen LogP) is 0.638. The zero-order valence-corrected chi connectivity index (χ0v) is 9.85. The molecule has 6 nitrogen and oxygen atoms in total. The topological polar surface area (TPSA) is 69.7 Å². The van der Waals surface area contributed by atoms with Gasteiger partial charge in [-0.2, -0.15) is 0 Å². The fourth-order valence-corrected chi connectivity index (χ4v) is 2.26. The highest BCUT2D eigenvalue weighted by molar-refractivity contribution is 6.01. The molecule has 1 aromatic carbocycles. The first kappa shape index (κ1) is 11.6. The maximum Gasteiger partial charge on any atom is 0.342 e. The van der Waals surface area contributed by atoms with Crippen molar-refractivity contribution in [3.63, 3.8) is 0 Å². The first-order valence-corrected chi connectivity index (χ1v) is 5.78. The number of rotatable bonds is 1. The van der Waals surface area contributed by atoms with Crippen molar-refractivity contribution >= 4 is 17.8 Å². The summed E-state index contributed by atoms with van der Waals surface area (Å²) in [6.45, 7) is 0.120. The molecule has 2 aliphatic rings. The highest BCUT2D eigenvalue weighted by Gasteiger charge is 2.37. The van der Waals surface area contributed by atoms with E-state index in [0.29, 0.717) is 0 Å². The van der Waals surface area contributed by atoms with E-state index in [1.165, 1.54) is 18.2 Å². The molecule has 0 unspecified atom stereocenters. The van der Waals surface area contributed by atoms with Gasteiger partial charge in [-0.25, -0.2) is 19.2 Å². The second-order valence-electron chi connectivity index (χ2n) is 4.36. The molecule has 7 heteroatoms. The first-order valence-electron chi connectivity index (χ1n) is 5.78. The number of fused-ring (bicyclic) bond motifs is 1. The van der Waals surface area contributed by atoms with Gasteiger partial charge in [-0.3, -0.25) is 14.9 Å². The fourth-order valence-electron chi connectivity index (χ4n) is 2.26. The van der Waals surface area contributed by atoms with Gasteiger partial charge in [0.1, 0.15) is 5.82 Å². The van der Waals surface area contributed by atoms with Crippen LogP contribution in [0.1, 0.15) is 22.3 Å². The molecule has 2 aliphatic heterocycles. The van der Waals surface area contributed by atoms with Gasteiger partial charge >= 0.3 is 6.03 Å². The second kappa shape index (κ2) is 4.04. The molecular weight excluding hydrogens is 253 g/mol. The molecule has 2 heterocycles. The number of carbonyl (C=O) groups excluding carboxylic acids is 3. The van der Waals surface area contributed by atoms with E-state index in [2.05, 4.69) is 5.32 Å². The number of hydrogen-bond donors (Lipinski definition) is 1. The van der Waals surface area contributed by atoms with Crippen molar-refractivity contribution in [1.82, 2.24) is 15.3 Å². The van der Waals surface area contributed by atoms with E-state index in [1.807, 2.05) is 0 Å². The normalized spacial score (nSPS) is 18.7. The van der Waals surface area contributed by atoms with Crippen LogP contribution >= 0.6 is 0 Å². The van der Waals surface area contributed by atoms with Crippen LogP contribution < -0.4 is 5.32 Å². The number of halogens is 1. The van der Waals surface area contributed by atoms with Crippen LogP contribution in [0, 0.1) is 5.82 Å². The molecule has 0 spiro atoms. The zero-order chi connectivity index (χ0) is 13.6. The standard InChI is InChI=1S/C12H10FN3O3/c13-9-3-1-2-7-8(9)6-16(11(7)18)15-5-4-10(17)14-12(15)19/h1-3H,4-6H2,(H,14,17,19). The lowest BCUT2D eigenvalue weighted by atomic mass is 10.1. The number of imide groups is 1. The van der Waals surface area contributed by atoms with Crippen molar-refractivity contribution in [2.24, 2.45) is 0 Å². The zero-order valence-electron chi connectivity index (χ0n) is 9.85. The third-order valence-electron chi connectivity index (χ3n) is 3.21. The minimum Gasteiger partial charge on any atom is -0.276 e. The molecule has 1 fully saturated rings. The smallest absolute Gasteiger partial charge is 0.276 e. The Bertz CT molecular complexity index is 602. The molecule has 0 atom stereocenters. The summed E-state index contributed by atoms with van der Waals surface area (Å²) in [5.74, 6) is -1.28. The molecular formula is C12H10FN3O3. The Hall–Kier alpha value is -2.44. The van der Waals surface area contributed by atoms with Crippen molar-refractivity contribution in [3.05, 3.63) is 35.1 Å². The number of nitrogens with one attached hydrogen (secondary N) is 1. The average Bonchev–Trinajstić information content (AvgIpc) is 2.69. The van der Waals surface area contributed by atoms with Crippen molar-refractivity contribution in [1.29, 1.82) is 0 Å². The van der Waals surface area contributed by atoms with Crippen molar-refractivity contribution < 1.29 is 18.8 Å². The van der Waals surface area contributed by atoms with Gasteiger partial charge in [-0.1, -0.05) is 6.07 Å². The molecule has 0 aliphatic carbocycles. The van der Waals surface area contributed by atoms with Crippen molar-refractivity contribution in [3.8, 4) is 0 Å².